The summed E-state index contributed by atoms with van der Waals surface area (Å²) in [5.41, 5.74) is 2.20. The number of sulfonamides is 1. The van der Waals surface area contributed by atoms with Crippen LogP contribution in [0.1, 0.15) is 23.6 Å². The third kappa shape index (κ3) is 4.72. The van der Waals surface area contributed by atoms with Crippen molar-refractivity contribution in [2.24, 2.45) is 0 Å². The van der Waals surface area contributed by atoms with Gasteiger partial charge in [0.2, 0.25) is 10.0 Å². The van der Waals surface area contributed by atoms with Gasteiger partial charge in [0.25, 0.3) is 0 Å². The van der Waals surface area contributed by atoms with Crippen LogP contribution in [0.4, 0.5) is 0 Å². The van der Waals surface area contributed by atoms with E-state index in [0.29, 0.717) is 18.7 Å². The first-order valence-corrected chi connectivity index (χ1v) is 11.2. The molecule has 0 spiro atoms. The first-order chi connectivity index (χ1) is 12.9. The van der Waals surface area contributed by atoms with Crippen LogP contribution in [0.2, 0.25) is 0 Å². The lowest BCUT2D eigenvalue weighted by atomic mass is 10.1. The van der Waals surface area contributed by atoms with Crippen molar-refractivity contribution in [2.75, 3.05) is 6.26 Å². The molecule has 7 heteroatoms. The second-order valence-corrected chi connectivity index (χ2v) is 9.63. The zero-order valence-corrected chi connectivity index (χ0v) is 16.9. The Balaban J connectivity index is 1.96. The van der Waals surface area contributed by atoms with Gasteiger partial charge in [-0.15, -0.1) is 0 Å². The average Bonchev–Trinajstić information content (AvgIpc) is 3.05. The molecule has 0 fully saturated rings. The third-order valence-corrected chi connectivity index (χ3v) is 6.67. The van der Waals surface area contributed by atoms with Crippen molar-refractivity contribution in [3.63, 3.8) is 0 Å². The van der Waals surface area contributed by atoms with Crippen molar-refractivity contribution in [1.29, 1.82) is 5.26 Å². The number of thioether (sulfide) groups is 1. The van der Waals surface area contributed by atoms with Gasteiger partial charge in [-0.1, -0.05) is 60.3 Å². The van der Waals surface area contributed by atoms with Gasteiger partial charge in [0, 0.05) is 24.2 Å². The second kappa shape index (κ2) is 8.17. The van der Waals surface area contributed by atoms with Gasteiger partial charge < -0.3 is 0 Å². The fourth-order valence-corrected chi connectivity index (χ4v) is 5.45. The lowest BCUT2D eigenvalue weighted by molar-refractivity contribution is 0.179. The summed E-state index contributed by atoms with van der Waals surface area (Å²) >= 11 is 1.51. The van der Waals surface area contributed by atoms with Crippen LogP contribution in [0.15, 0.2) is 65.7 Å². The quantitative estimate of drug-likeness (QED) is 0.741. The molecule has 3 rings (SSSR count). The Morgan fingerprint density at radius 1 is 1.11 bits per heavy atom. The van der Waals surface area contributed by atoms with Crippen LogP contribution in [0.3, 0.4) is 0 Å². The summed E-state index contributed by atoms with van der Waals surface area (Å²) in [7, 11) is -3.40. The molecule has 0 saturated carbocycles. The fourth-order valence-electron chi connectivity index (χ4n) is 3.00. The van der Waals surface area contributed by atoms with E-state index in [4.69, 9.17) is 0 Å². The highest BCUT2D eigenvalue weighted by Crippen LogP contribution is 2.37. The Morgan fingerprint density at radius 3 is 2.44 bits per heavy atom. The molecule has 1 atom stereocenters. The van der Waals surface area contributed by atoms with Gasteiger partial charge in [-0.3, -0.25) is 4.90 Å². The van der Waals surface area contributed by atoms with E-state index in [-0.39, 0.29) is 5.50 Å². The normalized spacial score (nSPS) is 17.0. The lowest BCUT2D eigenvalue weighted by Crippen LogP contribution is -2.43. The molecule has 0 radical (unpaired) electrons. The molecular formula is C20H21N3O2S2. The van der Waals surface area contributed by atoms with Crippen molar-refractivity contribution >= 4 is 21.8 Å². The van der Waals surface area contributed by atoms with E-state index in [1.807, 2.05) is 55.5 Å². The van der Waals surface area contributed by atoms with E-state index in [2.05, 4.69) is 11.0 Å². The van der Waals surface area contributed by atoms with Crippen LogP contribution in [-0.2, 0) is 23.1 Å². The van der Waals surface area contributed by atoms with Crippen LogP contribution >= 0.6 is 11.8 Å². The van der Waals surface area contributed by atoms with Crippen LogP contribution < -0.4 is 0 Å². The maximum absolute atomic E-state index is 12.3. The van der Waals surface area contributed by atoms with Crippen LogP contribution in [0, 0.1) is 11.3 Å². The van der Waals surface area contributed by atoms with Crippen molar-refractivity contribution in [2.45, 2.75) is 25.5 Å². The van der Waals surface area contributed by atoms with Gasteiger partial charge in [0.05, 0.1) is 17.9 Å². The maximum atomic E-state index is 12.3. The number of rotatable bonds is 6. The number of nitrogens with zero attached hydrogens (tertiary/aromatic N) is 3. The molecule has 27 heavy (non-hydrogen) atoms. The zero-order valence-electron chi connectivity index (χ0n) is 15.2. The zero-order chi connectivity index (χ0) is 19.4. The minimum Gasteiger partial charge on any atom is -0.265 e. The molecular weight excluding hydrogens is 378 g/mol. The van der Waals surface area contributed by atoms with E-state index < -0.39 is 10.0 Å². The summed E-state index contributed by atoms with van der Waals surface area (Å²) in [4.78, 5) is 3.03. The summed E-state index contributed by atoms with van der Waals surface area (Å²) in [6.45, 7) is 2.96. The third-order valence-electron chi connectivity index (χ3n) is 4.25. The fraction of sp³-hybridized carbons (Fsp3) is 0.250. The summed E-state index contributed by atoms with van der Waals surface area (Å²) < 4.78 is 26.0. The molecule has 5 nitrogen and oxygen atoms in total. The molecule has 0 aromatic heterocycles. The summed E-state index contributed by atoms with van der Waals surface area (Å²) in [5, 5.41) is 9.42. The standard InChI is InChI=1S/C20H21N3O2S2/c1-16-13-23(27(2,24)25)20(26-16)22(14-17-8-4-3-5-9-17)15-19-11-7-6-10-18(19)12-21/h3-11,13,20H,14-15H2,1-2H3. The summed E-state index contributed by atoms with van der Waals surface area (Å²) in [6.07, 6.45) is 2.90. The number of nitriles is 1. The van der Waals surface area contributed by atoms with Crippen molar-refractivity contribution in [1.82, 2.24) is 9.21 Å². The molecule has 0 saturated heterocycles. The van der Waals surface area contributed by atoms with E-state index in [0.717, 1.165) is 16.0 Å². The van der Waals surface area contributed by atoms with Crippen LogP contribution in [0.5, 0.6) is 0 Å². The molecule has 0 bridgehead atoms. The Hall–Kier alpha value is -2.27. The Kier molecular flexibility index (Phi) is 5.90. The lowest BCUT2D eigenvalue weighted by Gasteiger charge is -2.34. The number of benzene rings is 2. The minimum absolute atomic E-state index is 0.382. The Labute approximate surface area is 165 Å². The van der Waals surface area contributed by atoms with E-state index in [9.17, 15) is 13.7 Å². The van der Waals surface area contributed by atoms with Gasteiger partial charge >= 0.3 is 0 Å². The SMILES string of the molecule is CC1=CN(S(C)(=O)=O)C(N(Cc2ccccc2)Cc2ccccc2C#N)S1. The maximum Gasteiger partial charge on any atom is 0.233 e. The smallest absolute Gasteiger partial charge is 0.233 e. The van der Waals surface area contributed by atoms with Gasteiger partial charge in [-0.05, 0) is 24.1 Å². The number of allylic oxidation sites excluding steroid dienone is 1. The molecule has 1 unspecified atom stereocenters. The van der Waals surface area contributed by atoms with Crippen LogP contribution in [0.25, 0.3) is 0 Å². The molecule has 1 aliphatic rings. The second-order valence-electron chi connectivity index (χ2n) is 6.44. The Bertz CT molecular complexity index is 982. The molecule has 0 aliphatic carbocycles. The molecule has 2 aromatic carbocycles. The monoisotopic (exact) mass is 399 g/mol. The van der Waals surface area contributed by atoms with E-state index in [1.54, 1.807) is 12.3 Å². The van der Waals surface area contributed by atoms with Crippen LogP contribution in [-0.4, -0.2) is 29.4 Å². The van der Waals surface area contributed by atoms with Crippen molar-refractivity contribution in [3.05, 3.63) is 82.4 Å². The molecule has 140 valence electrons. The van der Waals surface area contributed by atoms with Crippen molar-refractivity contribution < 1.29 is 8.42 Å². The predicted octanol–water partition coefficient (Wildman–Crippen LogP) is 3.71. The van der Waals surface area contributed by atoms with E-state index >= 15 is 0 Å². The summed E-state index contributed by atoms with van der Waals surface area (Å²) in [5.74, 6) is 0. The minimum atomic E-state index is -3.40. The average molecular weight is 400 g/mol. The number of hydrogen-bond acceptors (Lipinski definition) is 5. The first kappa shape index (κ1) is 19.5. The topological polar surface area (TPSA) is 64.4 Å². The van der Waals surface area contributed by atoms with Gasteiger partial charge in [-0.2, -0.15) is 5.26 Å². The highest BCUT2D eigenvalue weighted by molar-refractivity contribution is 8.04. The highest BCUT2D eigenvalue weighted by atomic mass is 32.2. The molecule has 2 aromatic rings. The largest absolute Gasteiger partial charge is 0.265 e. The van der Waals surface area contributed by atoms with Gasteiger partial charge in [0.15, 0.2) is 0 Å². The van der Waals surface area contributed by atoms with Gasteiger partial charge in [0.1, 0.15) is 5.50 Å². The van der Waals surface area contributed by atoms with Crippen molar-refractivity contribution in [3.8, 4) is 6.07 Å². The molecule has 1 heterocycles. The predicted molar refractivity (Wildman–Crippen MR) is 109 cm³/mol. The number of hydrogen-bond donors (Lipinski definition) is 0. The highest BCUT2D eigenvalue weighted by Gasteiger charge is 2.35. The van der Waals surface area contributed by atoms with Gasteiger partial charge in [-0.25, -0.2) is 12.7 Å². The molecule has 1 aliphatic heterocycles. The summed E-state index contributed by atoms with van der Waals surface area (Å²) in [6, 6.07) is 19.6. The van der Waals surface area contributed by atoms with E-state index in [1.165, 1.54) is 22.3 Å². The molecule has 0 N–H and O–H groups in total. The Morgan fingerprint density at radius 2 is 1.78 bits per heavy atom. The first-order valence-electron chi connectivity index (χ1n) is 8.48. The molecule has 0 amide bonds.